The van der Waals surface area contributed by atoms with Crippen LogP contribution in [0.2, 0.25) is 0 Å². The highest BCUT2D eigenvalue weighted by atomic mass is 16.5. The molecule has 1 aromatic carbocycles. The molecule has 3 nitrogen and oxygen atoms in total. The SMILES string of the molecule is CCNCc1ccc(OC)c(N)c1. The average molecular weight is 180 g/mol. The zero-order valence-electron chi connectivity index (χ0n) is 8.13. The normalized spacial score (nSPS) is 10.0. The Balaban J connectivity index is 2.71. The van der Waals surface area contributed by atoms with Crippen LogP contribution in [0.25, 0.3) is 0 Å². The van der Waals surface area contributed by atoms with Gasteiger partial charge in [-0.1, -0.05) is 13.0 Å². The lowest BCUT2D eigenvalue weighted by molar-refractivity contribution is 0.417. The molecule has 0 aliphatic heterocycles. The Kier molecular flexibility index (Phi) is 3.58. The molecule has 0 aromatic heterocycles. The van der Waals surface area contributed by atoms with Crippen LogP contribution in [-0.4, -0.2) is 13.7 Å². The zero-order valence-corrected chi connectivity index (χ0v) is 8.13. The van der Waals surface area contributed by atoms with E-state index in [1.807, 2.05) is 18.2 Å². The van der Waals surface area contributed by atoms with Crippen molar-refractivity contribution >= 4 is 5.69 Å². The van der Waals surface area contributed by atoms with E-state index >= 15 is 0 Å². The molecule has 0 heterocycles. The fraction of sp³-hybridized carbons (Fsp3) is 0.400. The topological polar surface area (TPSA) is 47.3 Å². The first-order valence-corrected chi connectivity index (χ1v) is 4.41. The molecule has 0 spiro atoms. The van der Waals surface area contributed by atoms with Crippen LogP contribution in [0, 0.1) is 0 Å². The Morgan fingerprint density at radius 1 is 1.46 bits per heavy atom. The van der Waals surface area contributed by atoms with Gasteiger partial charge in [0.25, 0.3) is 0 Å². The van der Waals surface area contributed by atoms with Crippen LogP contribution >= 0.6 is 0 Å². The van der Waals surface area contributed by atoms with Gasteiger partial charge in [-0.2, -0.15) is 0 Å². The van der Waals surface area contributed by atoms with E-state index in [1.165, 1.54) is 5.56 Å². The minimum atomic E-state index is 0.693. The molecule has 72 valence electrons. The quantitative estimate of drug-likeness (QED) is 0.688. The minimum absolute atomic E-state index is 0.693. The van der Waals surface area contributed by atoms with E-state index in [4.69, 9.17) is 10.5 Å². The van der Waals surface area contributed by atoms with Crippen molar-refractivity contribution in [3.8, 4) is 5.75 Å². The predicted molar refractivity (Wildman–Crippen MR) is 54.8 cm³/mol. The Bertz CT molecular complexity index is 274. The third-order valence-corrected chi connectivity index (χ3v) is 1.87. The molecule has 0 saturated carbocycles. The molecule has 3 N–H and O–H groups in total. The van der Waals surface area contributed by atoms with Gasteiger partial charge in [0.1, 0.15) is 5.75 Å². The van der Waals surface area contributed by atoms with Gasteiger partial charge in [0.15, 0.2) is 0 Å². The second kappa shape index (κ2) is 4.72. The van der Waals surface area contributed by atoms with Gasteiger partial charge in [-0.05, 0) is 24.2 Å². The van der Waals surface area contributed by atoms with E-state index < -0.39 is 0 Å². The highest BCUT2D eigenvalue weighted by Gasteiger charge is 1.99. The number of hydrogen-bond acceptors (Lipinski definition) is 3. The molecular weight excluding hydrogens is 164 g/mol. The summed E-state index contributed by atoms with van der Waals surface area (Å²) in [4.78, 5) is 0. The lowest BCUT2D eigenvalue weighted by Gasteiger charge is -2.07. The smallest absolute Gasteiger partial charge is 0.141 e. The molecule has 1 rings (SSSR count). The molecule has 0 aliphatic rings. The molecule has 0 unspecified atom stereocenters. The summed E-state index contributed by atoms with van der Waals surface area (Å²) < 4.78 is 5.06. The second-order valence-electron chi connectivity index (χ2n) is 2.86. The monoisotopic (exact) mass is 180 g/mol. The van der Waals surface area contributed by atoms with Crippen LogP contribution < -0.4 is 15.8 Å². The largest absolute Gasteiger partial charge is 0.495 e. The van der Waals surface area contributed by atoms with Crippen LogP contribution in [0.3, 0.4) is 0 Å². The summed E-state index contributed by atoms with van der Waals surface area (Å²) in [7, 11) is 1.62. The molecular formula is C10H16N2O. The maximum Gasteiger partial charge on any atom is 0.141 e. The number of methoxy groups -OCH3 is 1. The number of nitrogens with two attached hydrogens (primary N) is 1. The lowest BCUT2D eigenvalue weighted by atomic mass is 10.2. The highest BCUT2D eigenvalue weighted by Crippen LogP contribution is 2.21. The van der Waals surface area contributed by atoms with Crippen LogP contribution in [0.4, 0.5) is 5.69 Å². The highest BCUT2D eigenvalue weighted by molar-refractivity contribution is 5.54. The first-order chi connectivity index (χ1) is 6.27. The van der Waals surface area contributed by atoms with Gasteiger partial charge in [0.05, 0.1) is 12.8 Å². The van der Waals surface area contributed by atoms with Crippen LogP contribution in [0.15, 0.2) is 18.2 Å². The summed E-state index contributed by atoms with van der Waals surface area (Å²) in [6.45, 7) is 3.89. The van der Waals surface area contributed by atoms with E-state index in [1.54, 1.807) is 7.11 Å². The van der Waals surface area contributed by atoms with E-state index in [2.05, 4.69) is 12.2 Å². The van der Waals surface area contributed by atoms with Gasteiger partial charge in [0.2, 0.25) is 0 Å². The van der Waals surface area contributed by atoms with Gasteiger partial charge in [0, 0.05) is 6.54 Å². The van der Waals surface area contributed by atoms with Crippen molar-refractivity contribution in [2.45, 2.75) is 13.5 Å². The maximum atomic E-state index is 5.75. The fourth-order valence-corrected chi connectivity index (χ4v) is 1.16. The molecule has 0 saturated heterocycles. The summed E-state index contributed by atoms with van der Waals surface area (Å²) in [6, 6.07) is 5.83. The summed E-state index contributed by atoms with van der Waals surface area (Å²) in [5.74, 6) is 0.736. The van der Waals surface area contributed by atoms with Crippen molar-refractivity contribution in [1.29, 1.82) is 0 Å². The molecule has 0 bridgehead atoms. The van der Waals surface area contributed by atoms with E-state index in [0.717, 1.165) is 18.8 Å². The third kappa shape index (κ3) is 2.63. The summed E-state index contributed by atoms with van der Waals surface area (Å²) in [5.41, 5.74) is 7.62. The number of nitrogens with one attached hydrogen (secondary N) is 1. The third-order valence-electron chi connectivity index (χ3n) is 1.87. The van der Waals surface area contributed by atoms with Crippen molar-refractivity contribution in [3.05, 3.63) is 23.8 Å². The molecule has 3 heteroatoms. The van der Waals surface area contributed by atoms with Gasteiger partial charge >= 0.3 is 0 Å². The fourth-order valence-electron chi connectivity index (χ4n) is 1.16. The van der Waals surface area contributed by atoms with Crippen LogP contribution in [-0.2, 0) is 6.54 Å². The Morgan fingerprint density at radius 3 is 2.77 bits per heavy atom. The molecule has 0 aliphatic carbocycles. The van der Waals surface area contributed by atoms with Crippen LogP contribution in [0.5, 0.6) is 5.75 Å². The second-order valence-corrected chi connectivity index (χ2v) is 2.86. The van der Waals surface area contributed by atoms with Gasteiger partial charge < -0.3 is 15.8 Å². The first-order valence-electron chi connectivity index (χ1n) is 4.41. The molecule has 13 heavy (non-hydrogen) atoms. The molecule has 0 amide bonds. The number of ether oxygens (including phenoxy) is 1. The van der Waals surface area contributed by atoms with Crippen molar-refractivity contribution in [2.75, 3.05) is 19.4 Å². The van der Waals surface area contributed by atoms with Crippen molar-refractivity contribution < 1.29 is 4.74 Å². The summed E-state index contributed by atoms with van der Waals surface area (Å²) in [5, 5.41) is 3.23. The van der Waals surface area contributed by atoms with Crippen molar-refractivity contribution in [2.24, 2.45) is 0 Å². The molecule has 0 fully saturated rings. The standard InChI is InChI=1S/C10H16N2O/c1-3-12-7-8-4-5-10(13-2)9(11)6-8/h4-6,12H,3,7,11H2,1-2H3. The number of rotatable bonds is 4. The number of benzene rings is 1. The van der Waals surface area contributed by atoms with E-state index in [-0.39, 0.29) is 0 Å². The average Bonchev–Trinajstić information content (AvgIpc) is 2.15. The number of nitrogen functional groups attached to an aromatic ring is 1. The zero-order chi connectivity index (χ0) is 9.68. The van der Waals surface area contributed by atoms with E-state index in [0.29, 0.717) is 5.69 Å². The number of anilines is 1. The van der Waals surface area contributed by atoms with Crippen molar-refractivity contribution in [1.82, 2.24) is 5.32 Å². The van der Waals surface area contributed by atoms with Gasteiger partial charge in [-0.15, -0.1) is 0 Å². The molecule has 0 radical (unpaired) electrons. The van der Waals surface area contributed by atoms with Crippen molar-refractivity contribution in [3.63, 3.8) is 0 Å². The summed E-state index contributed by atoms with van der Waals surface area (Å²) in [6.07, 6.45) is 0. The van der Waals surface area contributed by atoms with Gasteiger partial charge in [-0.3, -0.25) is 0 Å². The minimum Gasteiger partial charge on any atom is -0.495 e. The Morgan fingerprint density at radius 2 is 2.23 bits per heavy atom. The molecule has 0 atom stereocenters. The predicted octanol–water partition coefficient (Wildman–Crippen LogP) is 1.39. The lowest BCUT2D eigenvalue weighted by Crippen LogP contribution is -2.11. The maximum absolute atomic E-state index is 5.75. The van der Waals surface area contributed by atoms with Crippen LogP contribution in [0.1, 0.15) is 12.5 Å². The van der Waals surface area contributed by atoms with E-state index in [9.17, 15) is 0 Å². The Hall–Kier alpha value is -1.22. The Labute approximate surface area is 78.9 Å². The summed E-state index contributed by atoms with van der Waals surface area (Å²) >= 11 is 0. The van der Waals surface area contributed by atoms with Gasteiger partial charge in [-0.25, -0.2) is 0 Å². The number of hydrogen-bond donors (Lipinski definition) is 2. The first kappa shape index (κ1) is 9.86. The molecule has 1 aromatic rings.